The zero-order chi connectivity index (χ0) is 19.0. The van der Waals surface area contributed by atoms with Crippen molar-refractivity contribution in [3.05, 3.63) is 0 Å². The number of likely N-dealkylation sites (tertiary alicyclic amines) is 1. The molecular formula is C21H40N2O2. The van der Waals surface area contributed by atoms with Gasteiger partial charge >= 0.3 is 6.09 Å². The average Bonchev–Trinajstić information content (AvgIpc) is 2.43. The number of ether oxygens (including phenoxy) is 1. The van der Waals surface area contributed by atoms with Crippen molar-refractivity contribution >= 4 is 6.09 Å². The van der Waals surface area contributed by atoms with Crippen LogP contribution in [0.5, 0.6) is 0 Å². The molecule has 1 amide bonds. The molecule has 146 valence electrons. The molecule has 1 saturated heterocycles. The van der Waals surface area contributed by atoms with E-state index in [1.165, 1.54) is 12.8 Å². The van der Waals surface area contributed by atoms with Crippen LogP contribution in [0.25, 0.3) is 0 Å². The first-order chi connectivity index (χ1) is 11.3. The van der Waals surface area contributed by atoms with Gasteiger partial charge in [0, 0.05) is 30.0 Å². The summed E-state index contributed by atoms with van der Waals surface area (Å²) in [7, 11) is 2.17. The minimum Gasteiger partial charge on any atom is -0.446 e. The Morgan fingerprint density at radius 3 is 1.92 bits per heavy atom. The second-order valence-corrected chi connectivity index (χ2v) is 10.7. The Labute approximate surface area is 155 Å². The predicted molar refractivity (Wildman–Crippen MR) is 104 cm³/mol. The Morgan fingerprint density at radius 1 is 1.00 bits per heavy atom. The van der Waals surface area contributed by atoms with E-state index in [-0.39, 0.29) is 29.3 Å². The molecule has 1 aliphatic carbocycles. The lowest BCUT2D eigenvalue weighted by atomic mass is 9.71. The normalized spacial score (nSPS) is 30.7. The molecule has 1 aliphatic heterocycles. The van der Waals surface area contributed by atoms with Gasteiger partial charge in [-0.05, 0) is 71.8 Å². The van der Waals surface area contributed by atoms with Crippen LogP contribution in [-0.4, -0.2) is 41.3 Å². The third kappa shape index (κ3) is 5.12. The van der Waals surface area contributed by atoms with Gasteiger partial charge in [-0.2, -0.15) is 0 Å². The van der Waals surface area contributed by atoms with E-state index < -0.39 is 0 Å². The first-order valence-corrected chi connectivity index (χ1v) is 10.0. The van der Waals surface area contributed by atoms with Crippen molar-refractivity contribution in [1.29, 1.82) is 0 Å². The minimum atomic E-state index is -0.222. The van der Waals surface area contributed by atoms with Crippen LogP contribution in [0.2, 0.25) is 0 Å². The van der Waals surface area contributed by atoms with Crippen molar-refractivity contribution in [2.45, 2.75) is 110 Å². The van der Waals surface area contributed by atoms with Crippen molar-refractivity contribution in [1.82, 2.24) is 10.2 Å². The lowest BCUT2D eigenvalue weighted by molar-refractivity contribution is -0.0686. The number of hydrogen-bond donors (Lipinski definition) is 1. The predicted octanol–water partition coefficient (Wildman–Crippen LogP) is 4.97. The van der Waals surface area contributed by atoms with E-state index in [2.05, 4.69) is 65.7 Å². The molecule has 2 rings (SSSR count). The van der Waals surface area contributed by atoms with Crippen LogP contribution >= 0.6 is 0 Å². The van der Waals surface area contributed by atoms with Gasteiger partial charge in [-0.1, -0.05) is 20.8 Å². The Bertz CT molecular complexity index is 453. The number of piperidine rings is 1. The monoisotopic (exact) mass is 352 g/mol. The number of amides is 1. The van der Waals surface area contributed by atoms with Crippen molar-refractivity contribution in [2.24, 2.45) is 11.3 Å². The summed E-state index contributed by atoms with van der Waals surface area (Å²) < 4.78 is 5.83. The summed E-state index contributed by atoms with van der Waals surface area (Å²) >= 11 is 0. The fourth-order valence-electron chi connectivity index (χ4n) is 4.82. The van der Waals surface area contributed by atoms with Gasteiger partial charge in [0.1, 0.15) is 6.10 Å². The first-order valence-electron chi connectivity index (χ1n) is 10.0. The molecule has 0 atom stereocenters. The maximum absolute atomic E-state index is 12.4. The van der Waals surface area contributed by atoms with Gasteiger partial charge in [-0.3, -0.25) is 4.90 Å². The number of hydrogen-bond acceptors (Lipinski definition) is 3. The van der Waals surface area contributed by atoms with E-state index in [9.17, 15) is 4.79 Å². The van der Waals surface area contributed by atoms with Crippen molar-refractivity contribution < 1.29 is 9.53 Å². The quantitative estimate of drug-likeness (QED) is 0.763. The van der Waals surface area contributed by atoms with Crippen LogP contribution in [-0.2, 0) is 4.74 Å². The Kier molecular flexibility index (Phi) is 5.83. The van der Waals surface area contributed by atoms with Gasteiger partial charge < -0.3 is 10.1 Å². The molecule has 0 aromatic heterocycles. The van der Waals surface area contributed by atoms with Crippen molar-refractivity contribution in [3.63, 3.8) is 0 Å². The van der Waals surface area contributed by atoms with Gasteiger partial charge in [0.2, 0.25) is 0 Å². The number of rotatable bonds is 2. The zero-order valence-electron chi connectivity index (χ0n) is 17.7. The SMILES string of the molecule is CN1C(C)(C)CC(OC(=O)NC2CCC(C(C)(C)C)CC2)CC1(C)C. The maximum atomic E-state index is 12.4. The highest BCUT2D eigenvalue weighted by molar-refractivity contribution is 5.67. The second kappa shape index (κ2) is 7.09. The smallest absolute Gasteiger partial charge is 0.407 e. The van der Waals surface area contributed by atoms with Crippen LogP contribution in [0.1, 0.15) is 87.0 Å². The molecule has 1 heterocycles. The van der Waals surface area contributed by atoms with Crippen molar-refractivity contribution in [3.8, 4) is 0 Å². The summed E-state index contributed by atoms with van der Waals surface area (Å²) in [5, 5.41) is 3.13. The summed E-state index contributed by atoms with van der Waals surface area (Å²) in [4.78, 5) is 14.8. The number of carbonyl (C=O) groups excluding carboxylic acids is 1. The van der Waals surface area contributed by atoms with Gasteiger partial charge in [0.15, 0.2) is 0 Å². The molecule has 1 saturated carbocycles. The number of nitrogens with one attached hydrogen (secondary N) is 1. The fourth-order valence-corrected chi connectivity index (χ4v) is 4.82. The minimum absolute atomic E-state index is 0.00730. The second-order valence-electron chi connectivity index (χ2n) is 10.7. The number of alkyl carbamates (subject to hydrolysis) is 1. The first kappa shape index (κ1) is 20.5. The number of carbonyl (C=O) groups is 1. The van der Waals surface area contributed by atoms with Gasteiger partial charge in [-0.25, -0.2) is 4.79 Å². The molecule has 25 heavy (non-hydrogen) atoms. The molecule has 2 aliphatic rings. The molecule has 0 bridgehead atoms. The summed E-state index contributed by atoms with van der Waals surface area (Å²) in [5.74, 6) is 0.761. The molecular weight excluding hydrogens is 312 g/mol. The molecule has 0 radical (unpaired) electrons. The summed E-state index contributed by atoms with van der Waals surface area (Å²) in [5.41, 5.74) is 0.450. The molecule has 1 N–H and O–H groups in total. The molecule has 0 unspecified atom stereocenters. The third-order valence-electron chi connectivity index (χ3n) is 6.82. The molecule has 0 aromatic rings. The third-order valence-corrected chi connectivity index (χ3v) is 6.82. The lowest BCUT2D eigenvalue weighted by Crippen LogP contribution is -2.60. The van der Waals surface area contributed by atoms with E-state index >= 15 is 0 Å². The molecule has 0 spiro atoms. The highest BCUT2D eigenvalue weighted by Crippen LogP contribution is 2.39. The Balaban J connectivity index is 1.83. The van der Waals surface area contributed by atoms with Crippen LogP contribution in [0.3, 0.4) is 0 Å². The number of nitrogens with zero attached hydrogens (tertiary/aromatic N) is 1. The van der Waals surface area contributed by atoms with E-state index in [0.717, 1.165) is 31.6 Å². The molecule has 4 heteroatoms. The van der Waals surface area contributed by atoms with Gasteiger partial charge in [0.05, 0.1) is 0 Å². The van der Waals surface area contributed by atoms with Crippen LogP contribution < -0.4 is 5.32 Å². The highest BCUT2D eigenvalue weighted by Gasteiger charge is 2.44. The van der Waals surface area contributed by atoms with Crippen LogP contribution in [0, 0.1) is 11.3 Å². The summed E-state index contributed by atoms with van der Waals surface area (Å²) in [6.45, 7) is 15.9. The fraction of sp³-hybridized carbons (Fsp3) is 0.952. The van der Waals surface area contributed by atoms with E-state index in [4.69, 9.17) is 4.74 Å². The lowest BCUT2D eigenvalue weighted by Gasteiger charge is -2.53. The van der Waals surface area contributed by atoms with E-state index in [1.54, 1.807) is 0 Å². The Morgan fingerprint density at radius 2 is 1.48 bits per heavy atom. The molecule has 0 aromatic carbocycles. The van der Waals surface area contributed by atoms with Crippen LogP contribution in [0.15, 0.2) is 0 Å². The zero-order valence-corrected chi connectivity index (χ0v) is 17.7. The molecule has 2 fully saturated rings. The van der Waals surface area contributed by atoms with Crippen molar-refractivity contribution in [2.75, 3.05) is 7.05 Å². The standard InChI is InChI=1S/C21H40N2O2/c1-19(2,3)15-9-11-16(12-10-15)22-18(24)25-17-13-20(4,5)23(8)21(6,7)14-17/h15-17H,9-14H2,1-8H3,(H,22,24). The van der Waals surface area contributed by atoms with E-state index in [0.29, 0.717) is 5.41 Å². The van der Waals surface area contributed by atoms with Crippen LogP contribution in [0.4, 0.5) is 4.79 Å². The molecule has 4 nitrogen and oxygen atoms in total. The Hall–Kier alpha value is -0.770. The maximum Gasteiger partial charge on any atom is 0.407 e. The van der Waals surface area contributed by atoms with E-state index in [1.807, 2.05) is 0 Å². The highest BCUT2D eigenvalue weighted by atomic mass is 16.6. The summed E-state index contributed by atoms with van der Waals surface area (Å²) in [6.07, 6.45) is 6.08. The van der Waals surface area contributed by atoms with Gasteiger partial charge in [-0.15, -0.1) is 0 Å². The summed E-state index contributed by atoms with van der Waals surface area (Å²) in [6, 6.07) is 0.276. The topological polar surface area (TPSA) is 41.6 Å². The van der Waals surface area contributed by atoms with Gasteiger partial charge in [0.25, 0.3) is 0 Å². The average molecular weight is 353 g/mol. The largest absolute Gasteiger partial charge is 0.446 e.